The van der Waals surface area contributed by atoms with E-state index < -0.39 is 0 Å². The van der Waals surface area contributed by atoms with Gasteiger partial charge in [0.1, 0.15) is 0 Å². The molecule has 0 aromatic heterocycles. The van der Waals surface area contributed by atoms with E-state index in [4.69, 9.17) is 0 Å². The summed E-state index contributed by atoms with van der Waals surface area (Å²) >= 11 is 0. The van der Waals surface area contributed by atoms with Crippen LogP contribution in [0.1, 0.15) is 25.0 Å². The van der Waals surface area contributed by atoms with Gasteiger partial charge in [-0.1, -0.05) is 190 Å². The van der Waals surface area contributed by atoms with E-state index in [9.17, 15) is 0 Å². The fourth-order valence-electron chi connectivity index (χ4n) is 8.81. The minimum atomic E-state index is -0.121. The molecule has 0 unspecified atom stereocenters. The third kappa shape index (κ3) is 5.81. The van der Waals surface area contributed by atoms with Crippen LogP contribution in [-0.2, 0) is 5.41 Å². The van der Waals surface area contributed by atoms with Crippen LogP contribution in [0.5, 0.6) is 0 Å². The number of anilines is 3. The first-order chi connectivity index (χ1) is 27.5. The highest BCUT2D eigenvalue weighted by Crippen LogP contribution is 2.51. The number of para-hydroxylation sites is 1. The average Bonchev–Trinajstić information content (AvgIpc) is 3.49. The Morgan fingerprint density at radius 3 is 1.73 bits per heavy atom. The topological polar surface area (TPSA) is 3.24 Å². The normalized spacial score (nSPS) is 12.6. The molecule has 0 amide bonds. The molecule has 0 fully saturated rings. The summed E-state index contributed by atoms with van der Waals surface area (Å²) in [5, 5.41) is 2.52. The lowest BCUT2D eigenvalue weighted by atomic mass is 9.82. The number of fused-ring (bicyclic) bond motifs is 4. The maximum atomic E-state index is 2.46. The van der Waals surface area contributed by atoms with Gasteiger partial charge in [0, 0.05) is 22.4 Å². The fourth-order valence-corrected chi connectivity index (χ4v) is 8.81. The van der Waals surface area contributed by atoms with E-state index in [2.05, 4.69) is 231 Å². The largest absolute Gasteiger partial charge is 0.310 e. The molecule has 1 heteroatoms. The number of hydrogen-bond donors (Lipinski definition) is 0. The van der Waals surface area contributed by atoms with Crippen molar-refractivity contribution < 1.29 is 0 Å². The quantitative estimate of drug-likeness (QED) is 0.159. The molecule has 0 saturated carbocycles. The Morgan fingerprint density at radius 1 is 0.321 bits per heavy atom. The Hall–Kier alpha value is -6.96. The fraction of sp³-hybridized carbons (Fsp3) is 0.0545. The minimum Gasteiger partial charge on any atom is -0.310 e. The third-order valence-corrected chi connectivity index (χ3v) is 11.7. The molecule has 1 aliphatic rings. The molecule has 0 bridgehead atoms. The maximum Gasteiger partial charge on any atom is 0.0540 e. The van der Waals surface area contributed by atoms with Crippen LogP contribution in [0.3, 0.4) is 0 Å². The highest BCUT2D eigenvalue weighted by molar-refractivity contribution is 5.97. The second-order valence-corrected chi connectivity index (χ2v) is 15.4. The van der Waals surface area contributed by atoms with Crippen LogP contribution in [0.25, 0.3) is 66.4 Å². The molecule has 0 saturated heterocycles. The summed E-state index contributed by atoms with van der Waals surface area (Å²) in [6.07, 6.45) is 0. The summed E-state index contributed by atoms with van der Waals surface area (Å²) in [5.41, 5.74) is 18.3. The van der Waals surface area contributed by atoms with E-state index in [0.29, 0.717) is 0 Å². The molecular formula is C55H41N. The summed E-state index contributed by atoms with van der Waals surface area (Å²) in [6.45, 7) is 4.72. The van der Waals surface area contributed by atoms with Gasteiger partial charge in [-0.15, -0.1) is 0 Å². The number of rotatable bonds is 7. The molecule has 1 nitrogen and oxygen atoms in total. The second kappa shape index (κ2) is 13.7. The number of benzene rings is 9. The van der Waals surface area contributed by atoms with E-state index in [1.807, 2.05) is 0 Å². The van der Waals surface area contributed by atoms with Crippen molar-refractivity contribution in [1.82, 2.24) is 0 Å². The summed E-state index contributed by atoms with van der Waals surface area (Å²) in [6, 6.07) is 77.6. The molecule has 1 aliphatic carbocycles. The molecule has 0 spiro atoms. The van der Waals surface area contributed by atoms with Crippen molar-refractivity contribution in [2.75, 3.05) is 4.90 Å². The molecule has 9 aromatic rings. The van der Waals surface area contributed by atoms with Crippen molar-refractivity contribution in [3.63, 3.8) is 0 Å². The second-order valence-electron chi connectivity index (χ2n) is 15.4. The zero-order valence-corrected chi connectivity index (χ0v) is 31.7. The van der Waals surface area contributed by atoms with Gasteiger partial charge in [-0.3, -0.25) is 0 Å². The van der Waals surface area contributed by atoms with Gasteiger partial charge < -0.3 is 4.90 Å². The highest BCUT2D eigenvalue weighted by Gasteiger charge is 2.36. The van der Waals surface area contributed by atoms with E-state index in [-0.39, 0.29) is 5.41 Å². The highest BCUT2D eigenvalue weighted by atomic mass is 15.1. The molecular weight excluding hydrogens is 675 g/mol. The molecule has 0 radical (unpaired) electrons. The molecule has 10 rings (SSSR count). The Bertz CT molecular complexity index is 2880. The van der Waals surface area contributed by atoms with Crippen LogP contribution in [-0.4, -0.2) is 0 Å². The Labute approximate surface area is 329 Å². The summed E-state index contributed by atoms with van der Waals surface area (Å²) in [4.78, 5) is 2.46. The van der Waals surface area contributed by atoms with Crippen molar-refractivity contribution in [2.24, 2.45) is 0 Å². The van der Waals surface area contributed by atoms with Crippen LogP contribution in [0.2, 0.25) is 0 Å². The predicted octanol–water partition coefficient (Wildman–Crippen LogP) is 15.3. The van der Waals surface area contributed by atoms with E-state index in [1.54, 1.807) is 0 Å². The molecule has 0 aliphatic heterocycles. The lowest BCUT2D eigenvalue weighted by Gasteiger charge is -2.30. The van der Waals surface area contributed by atoms with Gasteiger partial charge in [0.25, 0.3) is 0 Å². The summed E-state index contributed by atoms with van der Waals surface area (Å²) in [7, 11) is 0. The van der Waals surface area contributed by atoms with E-state index >= 15 is 0 Å². The van der Waals surface area contributed by atoms with Crippen molar-refractivity contribution in [3.05, 3.63) is 223 Å². The molecule has 0 heterocycles. The van der Waals surface area contributed by atoms with Crippen LogP contribution in [0.4, 0.5) is 17.1 Å². The van der Waals surface area contributed by atoms with Crippen LogP contribution < -0.4 is 4.90 Å². The Kier molecular flexibility index (Phi) is 8.23. The molecule has 0 atom stereocenters. The summed E-state index contributed by atoms with van der Waals surface area (Å²) < 4.78 is 0. The zero-order valence-electron chi connectivity index (χ0n) is 31.7. The van der Waals surface area contributed by atoms with Crippen molar-refractivity contribution >= 4 is 27.8 Å². The molecule has 56 heavy (non-hydrogen) atoms. The van der Waals surface area contributed by atoms with E-state index in [1.165, 1.54) is 77.5 Å². The smallest absolute Gasteiger partial charge is 0.0540 e. The van der Waals surface area contributed by atoms with Crippen molar-refractivity contribution in [2.45, 2.75) is 19.3 Å². The predicted molar refractivity (Wildman–Crippen MR) is 238 cm³/mol. The minimum absolute atomic E-state index is 0.121. The first kappa shape index (κ1) is 33.6. The molecule has 0 N–H and O–H groups in total. The lowest BCUT2D eigenvalue weighted by molar-refractivity contribution is 0.660. The molecule has 9 aromatic carbocycles. The van der Waals surface area contributed by atoms with Crippen LogP contribution in [0.15, 0.2) is 212 Å². The molecule has 266 valence electrons. The third-order valence-electron chi connectivity index (χ3n) is 11.7. The van der Waals surface area contributed by atoms with Crippen molar-refractivity contribution in [1.29, 1.82) is 0 Å². The Morgan fingerprint density at radius 2 is 0.875 bits per heavy atom. The average molecular weight is 716 g/mol. The lowest BCUT2D eigenvalue weighted by Crippen LogP contribution is -2.17. The first-order valence-electron chi connectivity index (χ1n) is 19.5. The van der Waals surface area contributed by atoms with Gasteiger partial charge in [-0.05, 0) is 108 Å². The van der Waals surface area contributed by atoms with Gasteiger partial charge in [0.2, 0.25) is 0 Å². The SMILES string of the molecule is CC1(C)c2ccccc2-c2ccc(N(c3cccc(-c4cccc(-c5cccc6ccccc56)c4)c3)c3ccccc3-c3ccc(-c4ccccc4)cc3)cc21. The van der Waals surface area contributed by atoms with Gasteiger partial charge in [-0.25, -0.2) is 0 Å². The van der Waals surface area contributed by atoms with Gasteiger partial charge in [0.05, 0.1) is 5.69 Å². The first-order valence-corrected chi connectivity index (χ1v) is 19.5. The van der Waals surface area contributed by atoms with Crippen molar-refractivity contribution in [3.8, 4) is 55.6 Å². The number of hydrogen-bond acceptors (Lipinski definition) is 1. The van der Waals surface area contributed by atoms with Crippen LogP contribution in [0, 0.1) is 0 Å². The Balaban J connectivity index is 1.12. The maximum absolute atomic E-state index is 2.46. The monoisotopic (exact) mass is 715 g/mol. The van der Waals surface area contributed by atoms with Crippen LogP contribution >= 0.6 is 0 Å². The van der Waals surface area contributed by atoms with Gasteiger partial charge in [0.15, 0.2) is 0 Å². The van der Waals surface area contributed by atoms with Gasteiger partial charge >= 0.3 is 0 Å². The van der Waals surface area contributed by atoms with Gasteiger partial charge in [-0.2, -0.15) is 0 Å². The number of nitrogens with zero attached hydrogens (tertiary/aromatic N) is 1. The standard InChI is InChI=1S/C55H41N/c1-55(2)52-27-10-8-25-50(52)51-34-33-46(37-53(51)55)56(54-28-11-9-24-49(54)41-31-29-39(30-32-41)38-15-4-3-5-16-38)45-22-13-20-43(36-45)42-19-12-21-44(35-42)48-26-14-18-40-17-6-7-23-47(40)48/h3-37H,1-2H3. The summed E-state index contributed by atoms with van der Waals surface area (Å²) in [5.74, 6) is 0. The van der Waals surface area contributed by atoms with E-state index in [0.717, 1.165) is 17.1 Å². The zero-order chi connectivity index (χ0) is 37.6.